The van der Waals surface area contributed by atoms with Crippen LogP contribution in [0.4, 0.5) is 0 Å². The molecule has 9 heteroatoms. The summed E-state index contributed by atoms with van der Waals surface area (Å²) in [6.07, 6.45) is 1.51. The molecule has 2 amide bonds. The van der Waals surface area contributed by atoms with E-state index < -0.39 is 46.0 Å². The molecule has 0 spiro atoms. The number of hydrogen-bond donors (Lipinski definition) is 2. The number of carboxylic acid groups (broad SMARTS) is 1. The summed E-state index contributed by atoms with van der Waals surface area (Å²) >= 11 is 1.36. The number of fused-ring (bicyclic) bond motifs is 1. The van der Waals surface area contributed by atoms with E-state index in [9.17, 15) is 24.3 Å². The number of nitrogens with one attached hydrogen (secondary N) is 1. The van der Waals surface area contributed by atoms with Crippen molar-refractivity contribution in [3.8, 4) is 0 Å². The molecule has 1 aromatic heterocycles. The fourth-order valence-corrected chi connectivity index (χ4v) is 4.93. The van der Waals surface area contributed by atoms with Gasteiger partial charge in [-0.25, -0.2) is 4.79 Å². The van der Waals surface area contributed by atoms with Crippen LogP contribution in [-0.2, 0) is 14.4 Å². The van der Waals surface area contributed by atoms with Gasteiger partial charge >= 0.3 is 5.97 Å². The third-order valence-electron chi connectivity index (χ3n) is 4.62. The van der Waals surface area contributed by atoms with E-state index >= 15 is 0 Å². The number of aromatic nitrogens is 1. The van der Waals surface area contributed by atoms with Crippen LogP contribution in [0.3, 0.4) is 0 Å². The van der Waals surface area contributed by atoms with Gasteiger partial charge in [0.1, 0.15) is 23.5 Å². The lowest BCUT2D eigenvalue weighted by molar-refractivity contribution is -0.161. The second-order valence-corrected chi connectivity index (χ2v) is 8.48. The van der Waals surface area contributed by atoms with Crippen LogP contribution in [0.5, 0.6) is 0 Å². The fourth-order valence-electron chi connectivity index (χ4n) is 3.31. The van der Waals surface area contributed by atoms with Gasteiger partial charge in [0.05, 0.1) is 0 Å². The van der Waals surface area contributed by atoms with E-state index in [0.717, 1.165) is 0 Å². The zero-order chi connectivity index (χ0) is 18.5. The number of aliphatic carboxylic acids is 1. The Morgan fingerprint density at radius 1 is 1.32 bits per heavy atom. The average molecular weight is 365 g/mol. The van der Waals surface area contributed by atoms with E-state index in [1.54, 1.807) is 32.9 Å². The van der Waals surface area contributed by atoms with Crippen LogP contribution < -0.4 is 10.9 Å². The summed E-state index contributed by atoms with van der Waals surface area (Å²) in [5.74, 6) is -1.91. The van der Waals surface area contributed by atoms with Gasteiger partial charge in [0.25, 0.3) is 5.56 Å². The van der Waals surface area contributed by atoms with Gasteiger partial charge in [-0.15, -0.1) is 11.8 Å². The molecule has 2 aliphatic rings. The van der Waals surface area contributed by atoms with Crippen LogP contribution in [0.2, 0.25) is 0 Å². The first-order valence-corrected chi connectivity index (χ1v) is 8.73. The Hall–Kier alpha value is -2.29. The van der Waals surface area contributed by atoms with Crippen LogP contribution in [0.25, 0.3) is 0 Å². The molecule has 1 aromatic rings. The number of β-lactam (4-membered cyclic amide) rings is 1. The lowest BCUT2D eigenvalue weighted by Crippen LogP contribution is -2.71. The summed E-state index contributed by atoms with van der Waals surface area (Å²) in [4.78, 5) is 49.4. The smallest absolute Gasteiger partial charge is 0.327 e. The molecule has 3 heterocycles. The number of carbonyl (C=O) groups excluding carboxylic acids is 2. The Balaban J connectivity index is 1.74. The van der Waals surface area contributed by atoms with Crippen molar-refractivity contribution in [2.45, 2.75) is 49.0 Å². The molecule has 0 radical (unpaired) electrons. The second-order valence-electron chi connectivity index (χ2n) is 6.71. The zero-order valence-electron chi connectivity index (χ0n) is 14.0. The number of carbonyl (C=O) groups is 3. The number of amides is 2. The highest BCUT2D eigenvalue weighted by Gasteiger charge is 2.64. The number of nitrogens with zero attached hydrogens (tertiary/aromatic N) is 2. The van der Waals surface area contributed by atoms with Gasteiger partial charge in [-0.2, -0.15) is 0 Å². The predicted molar refractivity (Wildman–Crippen MR) is 91.1 cm³/mol. The summed E-state index contributed by atoms with van der Waals surface area (Å²) in [5, 5.41) is 11.6. The molecule has 25 heavy (non-hydrogen) atoms. The Morgan fingerprint density at radius 2 is 2.00 bits per heavy atom. The summed E-state index contributed by atoms with van der Waals surface area (Å²) in [6.45, 7) is 5.11. The van der Waals surface area contributed by atoms with Gasteiger partial charge in [-0.05, 0) is 26.8 Å². The molecular formula is C16H19N3O5S. The highest BCUT2D eigenvalue weighted by atomic mass is 32.2. The van der Waals surface area contributed by atoms with Crippen molar-refractivity contribution in [2.75, 3.05) is 0 Å². The van der Waals surface area contributed by atoms with Crippen LogP contribution in [0.1, 0.15) is 26.8 Å². The molecule has 4 atom stereocenters. The summed E-state index contributed by atoms with van der Waals surface area (Å²) in [6, 6.07) is 2.12. The van der Waals surface area contributed by atoms with Crippen LogP contribution >= 0.6 is 11.8 Å². The third-order valence-corrected chi connectivity index (χ3v) is 6.19. The van der Waals surface area contributed by atoms with Gasteiger partial charge in [-0.3, -0.25) is 14.4 Å². The van der Waals surface area contributed by atoms with Crippen LogP contribution in [-0.4, -0.2) is 54.6 Å². The number of pyridine rings is 1. The summed E-state index contributed by atoms with van der Waals surface area (Å²) < 4.78 is 0.635. The largest absolute Gasteiger partial charge is 0.480 e. The van der Waals surface area contributed by atoms with Crippen molar-refractivity contribution in [2.24, 2.45) is 0 Å². The highest BCUT2D eigenvalue weighted by molar-refractivity contribution is 8.01. The van der Waals surface area contributed by atoms with E-state index in [1.165, 1.54) is 33.5 Å². The Bertz CT molecular complexity index is 805. The quantitative estimate of drug-likeness (QED) is 0.730. The fraction of sp³-hybridized carbons (Fsp3) is 0.500. The molecule has 3 rings (SSSR count). The maximum Gasteiger partial charge on any atom is 0.327 e. The Labute approximate surface area is 148 Å². The van der Waals surface area contributed by atoms with Crippen LogP contribution in [0, 0.1) is 0 Å². The molecule has 2 N–H and O–H groups in total. The van der Waals surface area contributed by atoms with Gasteiger partial charge < -0.3 is 19.9 Å². The second kappa shape index (κ2) is 5.91. The van der Waals surface area contributed by atoms with E-state index in [4.69, 9.17) is 0 Å². The van der Waals surface area contributed by atoms with Crippen molar-refractivity contribution in [1.29, 1.82) is 0 Å². The van der Waals surface area contributed by atoms with E-state index in [-0.39, 0.29) is 5.56 Å². The number of carboxylic acids is 1. The maximum atomic E-state index is 12.4. The Morgan fingerprint density at radius 3 is 2.60 bits per heavy atom. The molecule has 0 aliphatic carbocycles. The predicted octanol–water partition coefficient (Wildman–Crippen LogP) is 0.0410. The minimum Gasteiger partial charge on any atom is -0.480 e. The monoisotopic (exact) mass is 365 g/mol. The van der Waals surface area contributed by atoms with E-state index in [0.29, 0.717) is 0 Å². The Kier molecular flexibility index (Phi) is 4.14. The van der Waals surface area contributed by atoms with Crippen molar-refractivity contribution in [3.63, 3.8) is 0 Å². The minimum atomic E-state index is -1.05. The lowest BCUT2D eigenvalue weighted by Gasteiger charge is -2.43. The molecule has 8 nitrogen and oxygen atoms in total. The number of hydrogen-bond acceptors (Lipinski definition) is 5. The third kappa shape index (κ3) is 2.72. The summed E-state index contributed by atoms with van der Waals surface area (Å²) in [5.41, 5.74) is -0.311. The molecule has 134 valence electrons. The topological polar surface area (TPSA) is 109 Å². The zero-order valence-corrected chi connectivity index (χ0v) is 14.8. The van der Waals surface area contributed by atoms with Gasteiger partial charge in [0, 0.05) is 17.0 Å². The van der Waals surface area contributed by atoms with Crippen molar-refractivity contribution in [1.82, 2.24) is 14.8 Å². The average Bonchev–Trinajstić information content (AvgIpc) is 2.80. The van der Waals surface area contributed by atoms with E-state index in [2.05, 4.69) is 5.32 Å². The molecule has 1 unspecified atom stereocenters. The SMILES string of the molecule is CC(C(=O)N[C@@H]1C(=O)N2[C@@H]1SC(C)(C)[C@@H]2C(=O)O)n1ccccc1=O. The lowest BCUT2D eigenvalue weighted by atomic mass is 9.96. The standard InChI is InChI=1S/C16H19N3O5S/c1-8(18-7-5-4-6-9(18)20)12(21)17-10-13(22)19-11(15(23)24)16(2,3)25-14(10)19/h4-8,10-11,14H,1-3H3,(H,17,21)(H,23,24)/t8?,10-,11+,14-/m1/s1. The maximum absolute atomic E-state index is 12.4. The van der Waals surface area contributed by atoms with Gasteiger partial charge in [0.2, 0.25) is 11.8 Å². The van der Waals surface area contributed by atoms with Gasteiger partial charge in [0.15, 0.2) is 0 Å². The molecular weight excluding hydrogens is 346 g/mol. The van der Waals surface area contributed by atoms with Crippen molar-refractivity contribution >= 4 is 29.5 Å². The van der Waals surface area contributed by atoms with E-state index in [1.807, 2.05) is 0 Å². The molecule has 0 saturated carbocycles. The summed E-state index contributed by atoms with van der Waals surface area (Å²) in [7, 11) is 0. The first kappa shape index (κ1) is 17.5. The number of rotatable bonds is 4. The molecule has 2 fully saturated rings. The first-order chi connectivity index (χ1) is 11.6. The highest BCUT2D eigenvalue weighted by Crippen LogP contribution is 2.50. The molecule has 2 aliphatic heterocycles. The normalized spacial score (nSPS) is 28.0. The first-order valence-electron chi connectivity index (χ1n) is 7.85. The molecule has 0 aromatic carbocycles. The van der Waals surface area contributed by atoms with Crippen molar-refractivity contribution in [3.05, 3.63) is 34.7 Å². The molecule has 2 saturated heterocycles. The molecule has 0 bridgehead atoms. The number of thioether (sulfide) groups is 1. The minimum absolute atomic E-state index is 0.311. The van der Waals surface area contributed by atoms with Gasteiger partial charge in [-0.1, -0.05) is 6.07 Å². The van der Waals surface area contributed by atoms with Crippen LogP contribution in [0.15, 0.2) is 29.2 Å². The van der Waals surface area contributed by atoms with Crippen molar-refractivity contribution < 1.29 is 19.5 Å².